The molecule has 0 nitrogen and oxygen atoms in total. The second-order valence-electron chi connectivity index (χ2n) is 6.19. The van der Waals surface area contributed by atoms with Gasteiger partial charge in [-0.25, -0.2) is 0 Å². The van der Waals surface area contributed by atoms with Crippen LogP contribution < -0.4 is 0 Å². The standard InChI is InChI=1S/C19H16/c1-2-6-13-10-17-16(9-12(13)5-1)18-11-14-7-3-4-8-15(14)19(17)18/h1-9,17-19H,10-11H2/t17-,18-,19+/m1/s1. The zero-order chi connectivity index (χ0) is 12.4. The van der Waals surface area contributed by atoms with E-state index in [-0.39, 0.29) is 0 Å². The van der Waals surface area contributed by atoms with Crippen molar-refractivity contribution in [3.63, 3.8) is 0 Å². The Labute approximate surface area is 113 Å². The van der Waals surface area contributed by atoms with Crippen LogP contribution in [0.25, 0.3) is 6.08 Å². The van der Waals surface area contributed by atoms with Crippen LogP contribution in [-0.2, 0) is 12.8 Å². The normalized spacial score (nSPS) is 29.5. The average molecular weight is 244 g/mol. The molecule has 3 aliphatic carbocycles. The maximum atomic E-state index is 2.48. The number of hydrogen-bond donors (Lipinski definition) is 0. The van der Waals surface area contributed by atoms with Gasteiger partial charge >= 0.3 is 0 Å². The highest BCUT2D eigenvalue weighted by Gasteiger charge is 2.51. The fourth-order valence-electron chi connectivity index (χ4n) is 4.55. The summed E-state index contributed by atoms with van der Waals surface area (Å²) >= 11 is 0. The predicted octanol–water partition coefficient (Wildman–Crippen LogP) is 4.21. The van der Waals surface area contributed by atoms with Gasteiger partial charge in [-0.3, -0.25) is 0 Å². The van der Waals surface area contributed by atoms with E-state index in [0.29, 0.717) is 0 Å². The molecule has 0 heterocycles. The summed E-state index contributed by atoms with van der Waals surface area (Å²) in [6.07, 6.45) is 5.00. The van der Waals surface area contributed by atoms with E-state index in [0.717, 1.165) is 17.8 Å². The van der Waals surface area contributed by atoms with Gasteiger partial charge in [-0.15, -0.1) is 0 Å². The van der Waals surface area contributed by atoms with Crippen molar-refractivity contribution in [3.8, 4) is 0 Å². The molecule has 2 aromatic carbocycles. The smallest absolute Gasteiger partial charge is 0.00212 e. The molecule has 92 valence electrons. The van der Waals surface area contributed by atoms with Crippen molar-refractivity contribution in [2.75, 3.05) is 0 Å². The summed E-state index contributed by atoms with van der Waals surface area (Å²) in [5.74, 6) is 2.38. The summed E-state index contributed by atoms with van der Waals surface area (Å²) in [6.45, 7) is 0. The van der Waals surface area contributed by atoms with Crippen molar-refractivity contribution < 1.29 is 0 Å². The Hall–Kier alpha value is -1.82. The quantitative estimate of drug-likeness (QED) is 0.651. The Morgan fingerprint density at radius 3 is 2.32 bits per heavy atom. The van der Waals surface area contributed by atoms with Crippen LogP contribution in [0, 0.1) is 11.8 Å². The topological polar surface area (TPSA) is 0 Å². The minimum atomic E-state index is 0.781. The number of benzene rings is 2. The highest BCUT2D eigenvalue weighted by molar-refractivity contribution is 5.66. The molecule has 0 saturated heterocycles. The molecule has 0 radical (unpaired) electrons. The lowest BCUT2D eigenvalue weighted by molar-refractivity contribution is 0.271. The first-order valence-electron chi connectivity index (χ1n) is 7.29. The Morgan fingerprint density at radius 1 is 0.737 bits per heavy atom. The van der Waals surface area contributed by atoms with Crippen LogP contribution in [-0.4, -0.2) is 0 Å². The number of rotatable bonds is 0. The molecule has 0 heteroatoms. The molecule has 0 amide bonds. The van der Waals surface area contributed by atoms with Gasteiger partial charge in [0.1, 0.15) is 0 Å². The predicted molar refractivity (Wildman–Crippen MR) is 78.0 cm³/mol. The first-order chi connectivity index (χ1) is 9.42. The molecule has 0 unspecified atom stereocenters. The summed E-state index contributed by atoms with van der Waals surface area (Å²) in [7, 11) is 0. The molecule has 1 saturated carbocycles. The highest BCUT2D eigenvalue weighted by atomic mass is 14.5. The van der Waals surface area contributed by atoms with Gasteiger partial charge in [0.25, 0.3) is 0 Å². The van der Waals surface area contributed by atoms with E-state index in [1.54, 1.807) is 22.3 Å². The van der Waals surface area contributed by atoms with E-state index in [1.165, 1.54) is 18.4 Å². The molecule has 0 aliphatic heterocycles. The summed E-state index contributed by atoms with van der Waals surface area (Å²) in [5.41, 5.74) is 7.95. The molecular weight excluding hydrogens is 228 g/mol. The molecule has 19 heavy (non-hydrogen) atoms. The van der Waals surface area contributed by atoms with Crippen LogP contribution in [0.15, 0.2) is 54.1 Å². The molecule has 2 aromatic rings. The minimum Gasteiger partial charge on any atom is -0.0620 e. The second-order valence-corrected chi connectivity index (χ2v) is 6.19. The largest absolute Gasteiger partial charge is 0.0620 e. The van der Waals surface area contributed by atoms with E-state index in [9.17, 15) is 0 Å². The molecule has 0 bridgehead atoms. The first-order valence-corrected chi connectivity index (χ1v) is 7.29. The summed E-state index contributed by atoms with van der Waals surface area (Å²) in [6, 6.07) is 18.0. The molecule has 0 N–H and O–H groups in total. The monoisotopic (exact) mass is 244 g/mol. The fraction of sp³-hybridized carbons (Fsp3) is 0.263. The number of fused-ring (bicyclic) bond motifs is 7. The molecule has 5 rings (SSSR count). The summed E-state index contributed by atoms with van der Waals surface area (Å²) < 4.78 is 0. The number of allylic oxidation sites excluding steroid dienone is 1. The molecule has 1 fully saturated rings. The van der Waals surface area contributed by atoms with Crippen LogP contribution in [0.3, 0.4) is 0 Å². The van der Waals surface area contributed by atoms with Crippen LogP contribution in [0.4, 0.5) is 0 Å². The zero-order valence-electron chi connectivity index (χ0n) is 10.8. The van der Waals surface area contributed by atoms with Crippen molar-refractivity contribution >= 4 is 6.08 Å². The Balaban J connectivity index is 1.63. The highest BCUT2D eigenvalue weighted by Crippen LogP contribution is 2.61. The Kier molecular flexibility index (Phi) is 1.79. The van der Waals surface area contributed by atoms with Gasteiger partial charge < -0.3 is 0 Å². The summed E-state index contributed by atoms with van der Waals surface area (Å²) in [5, 5.41) is 0. The van der Waals surface area contributed by atoms with Gasteiger partial charge in [0.05, 0.1) is 0 Å². The third-order valence-electron chi connectivity index (χ3n) is 5.39. The van der Waals surface area contributed by atoms with Crippen molar-refractivity contribution in [1.82, 2.24) is 0 Å². The van der Waals surface area contributed by atoms with Crippen LogP contribution in [0.2, 0.25) is 0 Å². The van der Waals surface area contributed by atoms with Gasteiger partial charge in [0.2, 0.25) is 0 Å². The molecule has 3 aliphatic rings. The SMILES string of the molecule is C1=C2[C@@H](Cc3ccccc31)[C@@H]1c3ccccc3C[C@H]21. The van der Waals surface area contributed by atoms with Crippen LogP contribution in [0.1, 0.15) is 28.2 Å². The maximum absolute atomic E-state index is 2.48. The van der Waals surface area contributed by atoms with Gasteiger partial charge in [-0.1, -0.05) is 60.2 Å². The fourth-order valence-corrected chi connectivity index (χ4v) is 4.55. The Morgan fingerprint density at radius 2 is 1.42 bits per heavy atom. The van der Waals surface area contributed by atoms with Crippen molar-refractivity contribution in [2.24, 2.45) is 11.8 Å². The van der Waals surface area contributed by atoms with Gasteiger partial charge in [-0.05, 0) is 52.8 Å². The van der Waals surface area contributed by atoms with Crippen LogP contribution in [0.5, 0.6) is 0 Å². The maximum Gasteiger partial charge on any atom is -0.00212 e. The van der Waals surface area contributed by atoms with E-state index in [2.05, 4.69) is 54.6 Å². The average Bonchev–Trinajstić information content (AvgIpc) is 2.79. The van der Waals surface area contributed by atoms with Gasteiger partial charge in [0, 0.05) is 0 Å². The number of hydrogen-bond acceptors (Lipinski definition) is 0. The summed E-state index contributed by atoms with van der Waals surface area (Å²) in [4.78, 5) is 0. The van der Waals surface area contributed by atoms with Gasteiger partial charge in [0.15, 0.2) is 0 Å². The Bertz CT molecular complexity index is 707. The molecular formula is C19H16. The van der Waals surface area contributed by atoms with E-state index < -0.39 is 0 Å². The van der Waals surface area contributed by atoms with Gasteiger partial charge in [-0.2, -0.15) is 0 Å². The lowest BCUT2D eigenvalue weighted by Gasteiger charge is -2.47. The van der Waals surface area contributed by atoms with E-state index in [1.807, 2.05) is 0 Å². The molecule has 0 spiro atoms. The van der Waals surface area contributed by atoms with E-state index in [4.69, 9.17) is 0 Å². The third kappa shape index (κ3) is 1.19. The molecule has 3 atom stereocenters. The van der Waals surface area contributed by atoms with Crippen molar-refractivity contribution in [1.29, 1.82) is 0 Å². The first kappa shape index (κ1) is 10.0. The van der Waals surface area contributed by atoms with E-state index >= 15 is 0 Å². The second kappa shape index (κ2) is 3.39. The lowest BCUT2D eigenvalue weighted by atomic mass is 9.57. The third-order valence-corrected chi connectivity index (χ3v) is 5.39. The van der Waals surface area contributed by atoms with Crippen molar-refractivity contribution in [2.45, 2.75) is 18.8 Å². The molecule has 0 aromatic heterocycles. The van der Waals surface area contributed by atoms with Crippen molar-refractivity contribution in [3.05, 3.63) is 76.4 Å². The van der Waals surface area contributed by atoms with Crippen LogP contribution >= 0.6 is 0 Å². The zero-order valence-corrected chi connectivity index (χ0v) is 10.8. The lowest BCUT2D eigenvalue weighted by Crippen LogP contribution is -2.38. The minimum absolute atomic E-state index is 0.781.